The van der Waals surface area contributed by atoms with Crippen LogP contribution in [0.25, 0.3) is 0 Å². The zero-order valence-corrected chi connectivity index (χ0v) is 12.1. The third kappa shape index (κ3) is 4.06. The third-order valence-corrected chi connectivity index (χ3v) is 3.00. The summed E-state index contributed by atoms with van der Waals surface area (Å²) >= 11 is 0. The summed E-state index contributed by atoms with van der Waals surface area (Å²) in [7, 11) is 1.65. The predicted octanol–water partition coefficient (Wildman–Crippen LogP) is 3.20. The van der Waals surface area contributed by atoms with Crippen molar-refractivity contribution in [2.24, 2.45) is 5.41 Å². The van der Waals surface area contributed by atoms with E-state index in [0.717, 1.165) is 29.8 Å². The first-order valence-corrected chi connectivity index (χ1v) is 6.41. The molecule has 0 spiro atoms. The van der Waals surface area contributed by atoms with Crippen LogP contribution in [0.15, 0.2) is 18.2 Å². The molecule has 1 rings (SSSR count). The molecule has 3 heteroatoms. The van der Waals surface area contributed by atoms with Gasteiger partial charge in [-0.2, -0.15) is 0 Å². The summed E-state index contributed by atoms with van der Waals surface area (Å²) in [5.41, 5.74) is 3.10. The minimum atomic E-state index is -0.0352. The molecule has 1 amide bonds. The molecule has 2 N–H and O–H groups in total. The van der Waals surface area contributed by atoms with Crippen LogP contribution < -0.4 is 10.6 Å². The zero-order valence-electron chi connectivity index (χ0n) is 12.1. The Morgan fingerprint density at radius 2 is 1.94 bits per heavy atom. The van der Waals surface area contributed by atoms with Crippen LogP contribution in [0.2, 0.25) is 0 Å². The highest BCUT2D eigenvalue weighted by atomic mass is 16.1. The van der Waals surface area contributed by atoms with Crippen LogP contribution in [-0.4, -0.2) is 19.5 Å². The summed E-state index contributed by atoms with van der Waals surface area (Å²) < 4.78 is 0. The summed E-state index contributed by atoms with van der Waals surface area (Å²) in [4.78, 5) is 11.7. The van der Waals surface area contributed by atoms with Crippen molar-refractivity contribution < 1.29 is 4.79 Å². The lowest BCUT2D eigenvalue weighted by Crippen LogP contribution is -2.20. The lowest BCUT2D eigenvalue weighted by molar-refractivity contribution is 0.0962. The lowest BCUT2D eigenvalue weighted by atomic mass is 9.92. The van der Waals surface area contributed by atoms with Crippen molar-refractivity contribution in [2.75, 3.05) is 18.9 Å². The number of carbonyl (C=O) groups is 1. The molecule has 3 nitrogen and oxygen atoms in total. The first-order chi connectivity index (χ1) is 8.35. The van der Waals surface area contributed by atoms with Gasteiger partial charge in [-0.3, -0.25) is 4.79 Å². The van der Waals surface area contributed by atoms with E-state index in [4.69, 9.17) is 0 Å². The molecule has 0 fully saturated rings. The molecule has 0 aromatic heterocycles. The first-order valence-electron chi connectivity index (χ1n) is 6.41. The largest absolute Gasteiger partial charge is 0.385 e. The number of anilines is 1. The van der Waals surface area contributed by atoms with E-state index in [2.05, 4.69) is 31.4 Å². The molecular formula is C15H24N2O. The van der Waals surface area contributed by atoms with Gasteiger partial charge in [-0.1, -0.05) is 26.8 Å². The monoisotopic (exact) mass is 248 g/mol. The Bertz CT molecular complexity index is 419. The molecule has 1 aromatic rings. The van der Waals surface area contributed by atoms with E-state index in [1.54, 1.807) is 7.05 Å². The molecule has 0 aliphatic carbocycles. The molecule has 18 heavy (non-hydrogen) atoms. The van der Waals surface area contributed by atoms with Crippen molar-refractivity contribution in [1.29, 1.82) is 0 Å². The van der Waals surface area contributed by atoms with E-state index in [9.17, 15) is 4.79 Å². The number of amides is 1. The predicted molar refractivity (Wildman–Crippen MR) is 77.1 cm³/mol. The minimum Gasteiger partial charge on any atom is -0.385 e. The van der Waals surface area contributed by atoms with Crippen molar-refractivity contribution in [2.45, 2.75) is 34.1 Å². The molecular weight excluding hydrogens is 224 g/mol. The Morgan fingerprint density at radius 3 is 2.50 bits per heavy atom. The van der Waals surface area contributed by atoms with E-state index in [-0.39, 0.29) is 5.91 Å². The summed E-state index contributed by atoms with van der Waals surface area (Å²) in [6.45, 7) is 9.57. The maximum absolute atomic E-state index is 11.7. The van der Waals surface area contributed by atoms with Gasteiger partial charge in [-0.15, -0.1) is 0 Å². The van der Waals surface area contributed by atoms with Crippen molar-refractivity contribution >= 4 is 11.6 Å². The fourth-order valence-electron chi connectivity index (χ4n) is 1.78. The Balaban J connectivity index is 2.75. The smallest absolute Gasteiger partial charge is 0.251 e. The van der Waals surface area contributed by atoms with Gasteiger partial charge < -0.3 is 10.6 Å². The molecule has 100 valence electrons. The number of hydrogen-bond acceptors (Lipinski definition) is 2. The Labute approximate surface area is 110 Å². The highest BCUT2D eigenvalue weighted by Gasteiger charge is 2.12. The minimum absolute atomic E-state index is 0.0352. The molecule has 0 bridgehead atoms. The van der Waals surface area contributed by atoms with E-state index in [0.29, 0.717) is 5.41 Å². The molecule has 0 atom stereocenters. The number of nitrogens with one attached hydrogen (secondary N) is 2. The van der Waals surface area contributed by atoms with Gasteiger partial charge in [0.25, 0.3) is 5.91 Å². The lowest BCUT2D eigenvalue weighted by Gasteiger charge is -2.19. The van der Waals surface area contributed by atoms with Crippen LogP contribution in [0, 0.1) is 12.3 Å². The van der Waals surface area contributed by atoms with Gasteiger partial charge in [0.2, 0.25) is 0 Å². The van der Waals surface area contributed by atoms with Crippen LogP contribution >= 0.6 is 0 Å². The van der Waals surface area contributed by atoms with Gasteiger partial charge in [0.1, 0.15) is 0 Å². The molecule has 0 aliphatic rings. The van der Waals surface area contributed by atoms with Gasteiger partial charge in [0.05, 0.1) is 0 Å². The van der Waals surface area contributed by atoms with Gasteiger partial charge in [0.15, 0.2) is 0 Å². The van der Waals surface area contributed by atoms with Crippen molar-refractivity contribution in [3.63, 3.8) is 0 Å². The van der Waals surface area contributed by atoms with E-state index in [1.165, 1.54) is 0 Å². The number of benzene rings is 1. The van der Waals surface area contributed by atoms with E-state index < -0.39 is 0 Å². The number of carbonyl (C=O) groups excluding carboxylic acids is 1. The Hall–Kier alpha value is -1.51. The SMILES string of the molecule is CNC(=O)c1cccc(NCCC(C)(C)C)c1C. The Kier molecular flexibility index (Phi) is 4.76. The van der Waals surface area contributed by atoms with Gasteiger partial charge in [0, 0.05) is 24.8 Å². The number of rotatable bonds is 4. The summed E-state index contributed by atoms with van der Waals surface area (Å²) in [5, 5.41) is 6.07. The Morgan fingerprint density at radius 1 is 1.28 bits per heavy atom. The second kappa shape index (κ2) is 5.89. The van der Waals surface area contributed by atoms with Crippen molar-refractivity contribution in [3.8, 4) is 0 Å². The molecule has 0 aliphatic heterocycles. The molecule has 0 heterocycles. The van der Waals surface area contributed by atoms with E-state index in [1.807, 2.05) is 25.1 Å². The standard InChI is InChI=1S/C15H24N2O/c1-11-12(14(18)16-5)7-6-8-13(11)17-10-9-15(2,3)4/h6-8,17H,9-10H2,1-5H3,(H,16,18). The van der Waals surface area contributed by atoms with Gasteiger partial charge in [-0.25, -0.2) is 0 Å². The molecule has 0 saturated carbocycles. The van der Waals surface area contributed by atoms with Crippen molar-refractivity contribution in [1.82, 2.24) is 5.32 Å². The first kappa shape index (κ1) is 14.6. The van der Waals surface area contributed by atoms with Crippen LogP contribution in [0.4, 0.5) is 5.69 Å². The van der Waals surface area contributed by atoms with Crippen molar-refractivity contribution in [3.05, 3.63) is 29.3 Å². The highest BCUT2D eigenvalue weighted by Crippen LogP contribution is 2.21. The average molecular weight is 248 g/mol. The maximum Gasteiger partial charge on any atom is 0.251 e. The second-order valence-corrected chi connectivity index (χ2v) is 5.79. The normalized spacial score (nSPS) is 11.2. The molecule has 1 aromatic carbocycles. The zero-order chi connectivity index (χ0) is 13.8. The van der Waals surface area contributed by atoms with Crippen LogP contribution in [0.1, 0.15) is 43.1 Å². The highest BCUT2D eigenvalue weighted by molar-refractivity contribution is 5.96. The third-order valence-electron chi connectivity index (χ3n) is 3.00. The van der Waals surface area contributed by atoms with E-state index >= 15 is 0 Å². The van der Waals surface area contributed by atoms with Gasteiger partial charge in [-0.05, 0) is 36.5 Å². The van der Waals surface area contributed by atoms with Crippen LogP contribution in [0.3, 0.4) is 0 Å². The summed E-state index contributed by atoms with van der Waals surface area (Å²) in [5.74, 6) is -0.0352. The fraction of sp³-hybridized carbons (Fsp3) is 0.533. The molecule has 0 saturated heterocycles. The molecule has 0 unspecified atom stereocenters. The quantitative estimate of drug-likeness (QED) is 0.859. The number of hydrogen-bond donors (Lipinski definition) is 2. The second-order valence-electron chi connectivity index (χ2n) is 5.79. The summed E-state index contributed by atoms with van der Waals surface area (Å²) in [6, 6.07) is 5.78. The summed E-state index contributed by atoms with van der Waals surface area (Å²) in [6.07, 6.45) is 1.09. The van der Waals surface area contributed by atoms with Crippen LogP contribution in [-0.2, 0) is 0 Å². The maximum atomic E-state index is 11.7. The fourth-order valence-corrected chi connectivity index (χ4v) is 1.78. The van der Waals surface area contributed by atoms with Gasteiger partial charge >= 0.3 is 0 Å². The molecule has 0 radical (unpaired) electrons. The topological polar surface area (TPSA) is 41.1 Å². The van der Waals surface area contributed by atoms with Crippen LogP contribution in [0.5, 0.6) is 0 Å². The average Bonchev–Trinajstić information content (AvgIpc) is 2.29.